The van der Waals surface area contributed by atoms with Crippen molar-refractivity contribution in [1.82, 2.24) is 4.90 Å². The quantitative estimate of drug-likeness (QED) is 0.645. The molecule has 0 aromatic carbocycles. The van der Waals surface area contributed by atoms with Gasteiger partial charge in [-0.25, -0.2) is 4.79 Å². The second-order valence-electron chi connectivity index (χ2n) is 5.35. The standard InChI is InChI=1S/C11H21NO4/c1-7-5-8(13)9(14)6-12(7)10(15)16-11(2,3)4/h7-9,13-14H,5-6H2,1-4H3/t7-,8+,9-/m1/s1. The molecule has 2 N–H and O–H groups in total. The molecule has 5 heteroatoms. The van der Waals surface area contributed by atoms with E-state index in [1.165, 1.54) is 4.90 Å². The van der Waals surface area contributed by atoms with Crippen LogP contribution in [0.5, 0.6) is 0 Å². The van der Waals surface area contributed by atoms with Crippen LogP contribution in [-0.4, -0.2) is 51.6 Å². The van der Waals surface area contributed by atoms with Gasteiger partial charge in [0.05, 0.1) is 18.8 Å². The summed E-state index contributed by atoms with van der Waals surface area (Å²) in [5.74, 6) is 0. The van der Waals surface area contributed by atoms with E-state index in [0.717, 1.165) is 0 Å². The van der Waals surface area contributed by atoms with Crippen molar-refractivity contribution in [2.24, 2.45) is 0 Å². The highest BCUT2D eigenvalue weighted by atomic mass is 16.6. The minimum absolute atomic E-state index is 0.117. The highest BCUT2D eigenvalue weighted by Gasteiger charge is 2.35. The number of carbonyl (C=O) groups excluding carboxylic acids is 1. The van der Waals surface area contributed by atoms with Crippen LogP contribution in [0.4, 0.5) is 4.79 Å². The molecule has 1 aliphatic rings. The Balaban J connectivity index is 2.62. The van der Waals surface area contributed by atoms with Crippen LogP contribution in [0, 0.1) is 0 Å². The molecular formula is C11H21NO4. The van der Waals surface area contributed by atoms with Gasteiger partial charge in [0, 0.05) is 6.04 Å². The molecule has 0 radical (unpaired) electrons. The summed E-state index contributed by atoms with van der Waals surface area (Å²) >= 11 is 0. The molecule has 0 spiro atoms. The van der Waals surface area contributed by atoms with E-state index in [1.54, 1.807) is 20.8 Å². The van der Waals surface area contributed by atoms with Crippen LogP contribution in [-0.2, 0) is 4.74 Å². The smallest absolute Gasteiger partial charge is 0.410 e. The Morgan fingerprint density at radius 1 is 1.31 bits per heavy atom. The van der Waals surface area contributed by atoms with Crippen molar-refractivity contribution in [3.8, 4) is 0 Å². The average molecular weight is 231 g/mol. The minimum Gasteiger partial charge on any atom is -0.444 e. The van der Waals surface area contributed by atoms with Gasteiger partial charge >= 0.3 is 6.09 Å². The first-order chi connectivity index (χ1) is 7.20. The first kappa shape index (κ1) is 13.3. The van der Waals surface area contributed by atoms with Crippen LogP contribution >= 0.6 is 0 Å². The number of ether oxygens (including phenoxy) is 1. The maximum Gasteiger partial charge on any atom is 0.410 e. The summed E-state index contributed by atoms with van der Waals surface area (Å²) < 4.78 is 5.23. The van der Waals surface area contributed by atoms with E-state index in [4.69, 9.17) is 4.74 Å². The maximum atomic E-state index is 11.8. The van der Waals surface area contributed by atoms with Gasteiger partial charge in [0.1, 0.15) is 5.60 Å². The number of hydrogen-bond acceptors (Lipinski definition) is 4. The van der Waals surface area contributed by atoms with Crippen molar-refractivity contribution < 1.29 is 19.7 Å². The summed E-state index contributed by atoms with van der Waals surface area (Å²) in [6.07, 6.45) is -1.70. The third kappa shape index (κ3) is 3.35. The Morgan fingerprint density at radius 3 is 2.38 bits per heavy atom. The van der Waals surface area contributed by atoms with E-state index in [9.17, 15) is 15.0 Å². The molecule has 1 fully saturated rings. The number of aliphatic hydroxyl groups excluding tert-OH is 2. The monoisotopic (exact) mass is 231 g/mol. The normalized spacial score (nSPS) is 31.4. The van der Waals surface area contributed by atoms with Crippen LogP contribution in [0.3, 0.4) is 0 Å². The molecule has 3 atom stereocenters. The third-order valence-electron chi connectivity index (χ3n) is 2.57. The fraction of sp³-hybridized carbons (Fsp3) is 0.909. The van der Waals surface area contributed by atoms with Gasteiger partial charge in [-0.1, -0.05) is 0 Å². The van der Waals surface area contributed by atoms with Crippen molar-refractivity contribution in [2.45, 2.75) is 58.0 Å². The molecule has 0 aliphatic carbocycles. The number of aliphatic hydroxyl groups is 2. The number of hydrogen-bond donors (Lipinski definition) is 2. The van der Waals surface area contributed by atoms with Gasteiger partial charge in [0.15, 0.2) is 0 Å². The highest BCUT2D eigenvalue weighted by Crippen LogP contribution is 2.20. The molecule has 1 saturated heterocycles. The second-order valence-corrected chi connectivity index (χ2v) is 5.35. The third-order valence-corrected chi connectivity index (χ3v) is 2.57. The molecule has 0 aromatic heterocycles. The molecule has 94 valence electrons. The molecule has 0 unspecified atom stereocenters. The average Bonchev–Trinajstić information content (AvgIpc) is 2.08. The maximum absolute atomic E-state index is 11.8. The van der Waals surface area contributed by atoms with Crippen LogP contribution in [0.25, 0.3) is 0 Å². The van der Waals surface area contributed by atoms with Crippen LogP contribution in [0.1, 0.15) is 34.1 Å². The van der Waals surface area contributed by atoms with Crippen LogP contribution in [0.15, 0.2) is 0 Å². The SMILES string of the molecule is C[C@@H]1C[C@H](O)[C@H](O)CN1C(=O)OC(C)(C)C. The fourth-order valence-corrected chi connectivity index (χ4v) is 1.71. The summed E-state index contributed by atoms with van der Waals surface area (Å²) in [5, 5.41) is 19.0. The molecule has 1 aliphatic heterocycles. The van der Waals surface area contributed by atoms with E-state index in [-0.39, 0.29) is 12.6 Å². The molecule has 1 rings (SSSR count). The van der Waals surface area contributed by atoms with Crippen molar-refractivity contribution in [2.75, 3.05) is 6.54 Å². The summed E-state index contributed by atoms with van der Waals surface area (Å²) in [4.78, 5) is 13.2. The Bertz CT molecular complexity index is 261. The number of amides is 1. The molecule has 16 heavy (non-hydrogen) atoms. The number of piperidine rings is 1. The molecule has 1 heterocycles. The van der Waals surface area contributed by atoms with Gasteiger partial charge in [-0.2, -0.15) is 0 Å². The van der Waals surface area contributed by atoms with Gasteiger partial charge < -0.3 is 19.8 Å². The number of nitrogens with zero attached hydrogens (tertiary/aromatic N) is 1. The van der Waals surface area contributed by atoms with Crippen molar-refractivity contribution in [1.29, 1.82) is 0 Å². The molecule has 1 amide bonds. The van der Waals surface area contributed by atoms with Gasteiger partial charge in [-0.05, 0) is 34.1 Å². The predicted octanol–water partition coefficient (Wildman–Crippen LogP) is 0.737. The largest absolute Gasteiger partial charge is 0.444 e. The summed E-state index contributed by atoms with van der Waals surface area (Å²) in [6, 6.07) is -0.117. The Morgan fingerprint density at radius 2 is 1.88 bits per heavy atom. The Kier molecular flexibility index (Phi) is 3.80. The second kappa shape index (κ2) is 4.59. The lowest BCUT2D eigenvalue weighted by Gasteiger charge is -2.39. The van der Waals surface area contributed by atoms with Gasteiger partial charge in [-0.3, -0.25) is 0 Å². The lowest BCUT2D eigenvalue weighted by molar-refractivity contribution is -0.0634. The van der Waals surface area contributed by atoms with Crippen molar-refractivity contribution in [3.63, 3.8) is 0 Å². The number of rotatable bonds is 0. The van der Waals surface area contributed by atoms with E-state index < -0.39 is 23.9 Å². The first-order valence-electron chi connectivity index (χ1n) is 5.56. The number of likely N-dealkylation sites (tertiary alicyclic amines) is 1. The highest BCUT2D eigenvalue weighted by molar-refractivity contribution is 5.68. The van der Waals surface area contributed by atoms with Gasteiger partial charge in [0.25, 0.3) is 0 Å². The van der Waals surface area contributed by atoms with E-state index >= 15 is 0 Å². The molecule has 0 aromatic rings. The first-order valence-corrected chi connectivity index (χ1v) is 5.56. The topological polar surface area (TPSA) is 70.0 Å². The summed E-state index contributed by atoms with van der Waals surface area (Å²) in [6.45, 7) is 7.34. The molecule has 5 nitrogen and oxygen atoms in total. The minimum atomic E-state index is -0.885. The van der Waals surface area contributed by atoms with E-state index in [0.29, 0.717) is 6.42 Å². The molecule has 0 bridgehead atoms. The molecule has 0 saturated carbocycles. The van der Waals surface area contributed by atoms with E-state index in [2.05, 4.69) is 0 Å². The van der Waals surface area contributed by atoms with Gasteiger partial charge in [-0.15, -0.1) is 0 Å². The van der Waals surface area contributed by atoms with Crippen molar-refractivity contribution in [3.05, 3.63) is 0 Å². The lowest BCUT2D eigenvalue weighted by atomic mass is 9.99. The van der Waals surface area contributed by atoms with Crippen LogP contribution in [0.2, 0.25) is 0 Å². The Labute approximate surface area is 96.0 Å². The number of β-amino-alcohol motifs (C(OH)–C–C–N with tert-alkyl or cyclic N) is 1. The van der Waals surface area contributed by atoms with E-state index in [1.807, 2.05) is 6.92 Å². The van der Waals surface area contributed by atoms with Crippen molar-refractivity contribution >= 4 is 6.09 Å². The summed E-state index contributed by atoms with van der Waals surface area (Å²) in [7, 11) is 0. The zero-order valence-electron chi connectivity index (χ0n) is 10.3. The summed E-state index contributed by atoms with van der Waals surface area (Å²) in [5.41, 5.74) is -0.544. The molecular weight excluding hydrogens is 210 g/mol. The zero-order chi connectivity index (χ0) is 12.5. The lowest BCUT2D eigenvalue weighted by Crippen LogP contribution is -2.54. The van der Waals surface area contributed by atoms with Crippen LogP contribution < -0.4 is 0 Å². The fourth-order valence-electron chi connectivity index (χ4n) is 1.71. The number of carbonyl (C=O) groups is 1. The Hall–Kier alpha value is -0.810. The zero-order valence-corrected chi connectivity index (χ0v) is 10.3. The van der Waals surface area contributed by atoms with Gasteiger partial charge in [0.2, 0.25) is 0 Å². The predicted molar refractivity (Wildman–Crippen MR) is 59.0 cm³/mol.